The molecule has 1 aliphatic heterocycles. The topological polar surface area (TPSA) is 209 Å². The number of phenolic OH excluding ortho intramolecular Hbond substituents is 2. The van der Waals surface area contributed by atoms with Crippen molar-refractivity contribution in [1.29, 1.82) is 0 Å². The molecule has 2 aromatic rings. The number of aromatic hydroxyl groups is 2. The van der Waals surface area contributed by atoms with E-state index in [1.54, 1.807) is 6.92 Å². The Labute approximate surface area is 258 Å². The van der Waals surface area contributed by atoms with E-state index < -0.39 is 95.7 Å². The normalized spacial score (nSPS) is 28.0. The number of aliphatic hydroxyl groups is 3. The summed E-state index contributed by atoms with van der Waals surface area (Å²) in [6.45, 7) is 0.507. The Morgan fingerprint density at radius 1 is 1.14 bits per heavy atom. The number of amides is 1. The summed E-state index contributed by atoms with van der Waals surface area (Å²) in [5.74, 6) is -4.26. The van der Waals surface area contributed by atoms with Crippen LogP contribution in [0, 0.1) is 0 Å². The van der Waals surface area contributed by atoms with Crippen LogP contribution < -0.4 is 10.1 Å². The predicted octanol–water partition coefficient (Wildman–Crippen LogP) is 0.594. The number of ether oxygens (including phenoxy) is 3. The zero-order valence-electron chi connectivity index (χ0n) is 23.1. The van der Waals surface area contributed by atoms with E-state index in [-0.39, 0.29) is 44.8 Å². The van der Waals surface area contributed by atoms with Gasteiger partial charge >= 0.3 is 0 Å². The van der Waals surface area contributed by atoms with E-state index in [9.17, 15) is 44.7 Å². The fourth-order valence-corrected chi connectivity index (χ4v) is 6.32. The molecule has 5 rings (SSSR count). The third-order valence-corrected chi connectivity index (χ3v) is 8.92. The lowest BCUT2D eigenvalue weighted by molar-refractivity contribution is -0.249. The van der Waals surface area contributed by atoms with E-state index in [0.29, 0.717) is 0 Å². The van der Waals surface area contributed by atoms with Crippen molar-refractivity contribution in [1.82, 2.24) is 5.32 Å². The summed E-state index contributed by atoms with van der Waals surface area (Å²) < 4.78 is 17.3. The van der Waals surface area contributed by atoms with Crippen LogP contribution in [0.15, 0.2) is 18.2 Å². The molecular weight excluding hydrogens is 681 g/mol. The maximum absolute atomic E-state index is 13.7. The van der Waals surface area contributed by atoms with Crippen LogP contribution in [-0.2, 0) is 25.5 Å². The van der Waals surface area contributed by atoms with E-state index in [2.05, 4.69) is 5.32 Å². The van der Waals surface area contributed by atoms with Gasteiger partial charge in [-0.25, -0.2) is 0 Å². The summed E-state index contributed by atoms with van der Waals surface area (Å²) in [5, 5.41) is 57.2. The Morgan fingerprint density at radius 2 is 1.84 bits per heavy atom. The van der Waals surface area contributed by atoms with Gasteiger partial charge in [-0.15, -0.1) is 0 Å². The van der Waals surface area contributed by atoms with Crippen LogP contribution in [0.2, 0.25) is 0 Å². The van der Waals surface area contributed by atoms with Gasteiger partial charge in [-0.3, -0.25) is 19.2 Å². The summed E-state index contributed by atoms with van der Waals surface area (Å²) >= 11 is 1.87. The van der Waals surface area contributed by atoms with E-state index in [0.717, 1.165) is 0 Å². The molecule has 0 aromatic heterocycles. The first kappa shape index (κ1) is 31.3. The fraction of sp³-hybridized carbons (Fsp3) is 0.448. The number of alkyl halides is 1. The molecule has 0 spiro atoms. The SMILES string of the molecule is COc1cccc2c1C(=O)c1c(O)c3c(c(O)c1C2=O)C[C@@](O)(C(=O)CO)CC3OC1CC(NC(=O)CI)C(O)C(C)O1. The number of Topliss-reactive ketones (excluding diaryl/α,β-unsaturated/α-hetero) is 1. The zero-order chi connectivity index (χ0) is 31.4. The molecule has 43 heavy (non-hydrogen) atoms. The Hall–Kier alpha value is -3.15. The van der Waals surface area contributed by atoms with Crippen molar-refractivity contribution in [3.63, 3.8) is 0 Å². The number of nitrogens with one attached hydrogen (secondary N) is 1. The van der Waals surface area contributed by atoms with Gasteiger partial charge in [-0.1, -0.05) is 34.7 Å². The van der Waals surface area contributed by atoms with Crippen molar-refractivity contribution >= 4 is 45.8 Å². The van der Waals surface area contributed by atoms with Crippen LogP contribution >= 0.6 is 22.6 Å². The van der Waals surface area contributed by atoms with Crippen LogP contribution in [0.25, 0.3) is 0 Å². The number of halogens is 1. The number of aliphatic hydroxyl groups excluding tert-OH is 2. The first-order valence-corrected chi connectivity index (χ1v) is 15.0. The summed E-state index contributed by atoms with van der Waals surface area (Å²) in [6.07, 6.45) is -5.65. The average Bonchev–Trinajstić information content (AvgIpc) is 2.98. The lowest BCUT2D eigenvalue weighted by Crippen LogP contribution is -2.56. The second kappa shape index (κ2) is 11.7. The number of ketones is 3. The van der Waals surface area contributed by atoms with Crippen molar-refractivity contribution in [3.05, 3.63) is 51.6 Å². The number of hydrogen-bond acceptors (Lipinski definition) is 12. The molecule has 1 amide bonds. The highest BCUT2D eigenvalue weighted by molar-refractivity contribution is 14.1. The third kappa shape index (κ3) is 5.19. The van der Waals surface area contributed by atoms with Crippen molar-refractivity contribution in [2.75, 3.05) is 18.1 Å². The van der Waals surface area contributed by atoms with E-state index in [1.165, 1.54) is 25.3 Å². The monoisotopic (exact) mass is 711 g/mol. The van der Waals surface area contributed by atoms with Crippen LogP contribution in [0.5, 0.6) is 17.2 Å². The molecule has 1 heterocycles. The number of methoxy groups -OCH3 is 1. The fourth-order valence-electron chi connectivity index (χ4n) is 6.10. The number of phenols is 2. The number of hydrogen-bond donors (Lipinski definition) is 6. The van der Waals surface area contributed by atoms with Crippen molar-refractivity contribution < 1.29 is 58.9 Å². The molecule has 2 aliphatic carbocycles. The van der Waals surface area contributed by atoms with E-state index in [4.69, 9.17) is 14.2 Å². The van der Waals surface area contributed by atoms with Gasteiger partial charge in [-0.05, 0) is 13.0 Å². The molecule has 1 saturated heterocycles. The first-order chi connectivity index (χ1) is 20.4. The summed E-state index contributed by atoms with van der Waals surface area (Å²) in [7, 11) is 1.31. The molecule has 6 N–H and O–H groups in total. The van der Waals surface area contributed by atoms with E-state index >= 15 is 0 Å². The maximum atomic E-state index is 13.7. The average molecular weight is 711 g/mol. The zero-order valence-corrected chi connectivity index (χ0v) is 25.3. The van der Waals surface area contributed by atoms with Crippen molar-refractivity contribution in [2.24, 2.45) is 0 Å². The molecule has 13 nitrogen and oxygen atoms in total. The number of carbonyl (C=O) groups is 4. The Bertz CT molecular complexity index is 1530. The molecule has 1 fully saturated rings. The number of carbonyl (C=O) groups excluding carboxylic acids is 4. The van der Waals surface area contributed by atoms with Crippen molar-refractivity contribution in [2.45, 2.75) is 62.4 Å². The number of benzene rings is 2. The van der Waals surface area contributed by atoms with Gasteiger partial charge in [0.15, 0.2) is 17.9 Å². The largest absolute Gasteiger partial charge is 0.507 e. The van der Waals surface area contributed by atoms with Crippen LogP contribution in [0.1, 0.15) is 68.8 Å². The molecular formula is C29H30INO12. The molecule has 6 atom stereocenters. The third-order valence-electron chi connectivity index (χ3n) is 8.23. The molecule has 0 radical (unpaired) electrons. The van der Waals surface area contributed by atoms with Gasteiger partial charge in [0.05, 0.1) is 46.5 Å². The summed E-state index contributed by atoms with van der Waals surface area (Å²) in [5.41, 5.74) is -3.84. The lowest BCUT2D eigenvalue weighted by Gasteiger charge is -2.42. The standard InChI is InChI=1S/C29H30INO12/c1-11-24(35)14(31-18(34)9-30)6-19(42-11)43-16-8-29(40,17(33)10-32)7-13-21(16)28(39)23-22(26(13)37)25(36)12-4-3-5-15(41-2)20(12)27(23)38/h3-5,11,14,16,19,24,32,35,37,39-40H,6-10H2,1-2H3,(H,31,34)/t11?,14?,16?,19?,24?,29-/m0/s1. The summed E-state index contributed by atoms with van der Waals surface area (Å²) in [6, 6.07) is 3.55. The molecule has 230 valence electrons. The predicted molar refractivity (Wildman–Crippen MR) is 155 cm³/mol. The second-order valence-corrected chi connectivity index (χ2v) is 11.6. The molecule has 5 unspecified atom stereocenters. The minimum atomic E-state index is -2.29. The molecule has 2 aromatic carbocycles. The quantitative estimate of drug-likeness (QED) is 0.113. The molecule has 14 heteroatoms. The van der Waals surface area contributed by atoms with Gasteiger partial charge in [0, 0.05) is 36.0 Å². The van der Waals surface area contributed by atoms with Crippen LogP contribution in [0.4, 0.5) is 0 Å². The Kier molecular flexibility index (Phi) is 8.54. The Morgan fingerprint density at radius 3 is 2.49 bits per heavy atom. The molecule has 0 bridgehead atoms. The maximum Gasteiger partial charge on any atom is 0.230 e. The van der Waals surface area contributed by atoms with Gasteiger partial charge in [0.2, 0.25) is 11.7 Å². The number of rotatable bonds is 7. The van der Waals surface area contributed by atoms with Gasteiger partial charge < -0.3 is 45.1 Å². The van der Waals surface area contributed by atoms with Crippen LogP contribution in [-0.4, -0.2) is 97.1 Å². The Balaban J connectivity index is 1.63. The highest BCUT2D eigenvalue weighted by atomic mass is 127. The highest BCUT2D eigenvalue weighted by Gasteiger charge is 2.50. The van der Waals surface area contributed by atoms with Crippen LogP contribution in [0.3, 0.4) is 0 Å². The molecule has 3 aliphatic rings. The lowest BCUT2D eigenvalue weighted by atomic mass is 9.72. The van der Waals surface area contributed by atoms with Gasteiger partial charge in [0.1, 0.15) is 35.6 Å². The highest BCUT2D eigenvalue weighted by Crippen LogP contribution is 2.52. The summed E-state index contributed by atoms with van der Waals surface area (Å²) in [4.78, 5) is 52.1. The molecule has 0 saturated carbocycles. The van der Waals surface area contributed by atoms with E-state index in [1.807, 2.05) is 22.6 Å². The number of fused-ring (bicyclic) bond motifs is 3. The second-order valence-electron chi connectivity index (χ2n) is 10.8. The van der Waals surface area contributed by atoms with Gasteiger partial charge in [0.25, 0.3) is 0 Å². The minimum Gasteiger partial charge on any atom is -0.507 e. The first-order valence-electron chi connectivity index (χ1n) is 13.4. The van der Waals surface area contributed by atoms with Gasteiger partial charge in [-0.2, -0.15) is 0 Å². The van der Waals surface area contributed by atoms with Crippen molar-refractivity contribution in [3.8, 4) is 17.2 Å². The minimum absolute atomic E-state index is 0.0637. The smallest absolute Gasteiger partial charge is 0.230 e.